The highest BCUT2D eigenvalue weighted by Crippen LogP contribution is 2.27. The third kappa shape index (κ3) is 4.01. The average Bonchev–Trinajstić information content (AvgIpc) is 3.07. The Morgan fingerprint density at radius 3 is 2.33 bits per heavy atom. The molecule has 4 rings (SSSR count). The highest BCUT2D eigenvalue weighted by molar-refractivity contribution is 7.89. The van der Waals surface area contributed by atoms with Gasteiger partial charge in [0.1, 0.15) is 28.0 Å². The Labute approximate surface area is 175 Å². The molecule has 0 amide bonds. The Bertz CT molecular complexity index is 1120. The van der Waals surface area contributed by atoms with Crippen LogP contribution < -0.4 is 9.64 Å². The summed E-state index contributed by atoms with van der Waals surface area (Å²) in [6, 6.07) is 11.2. The minimum Gasteiger partial charge on any atom is -0.439 e. The summed E-state index contributed by atoms with van der Waals surface area (Å²) in [5.41, 5.74) is 0.379. The molecule has 3 heterocycles. The Balaban J connectivity index is 1.49. The van der Waals surface area contributed by atoms with E-state index in [2.05, 4.69) is 15.1 Å². The molecule has 0 N–H and O–H groups in total. The Hall–Kier alpha value is -2.98. The number of sulfonamides is 1. The van der Waals surface area contributed by atoms with Crippen molar-refractivity contribution in [3.8, 4) is 11.6 Å². The van der Waals surface area contributed by atoms with Crippen LogP contribution in [0.15, 0.2) is 45.8 Å². The van der Waals surface area contributed by atoms with E-state index in [-0.39, 0.29) is 4.90 Å². The van der Waals surface area contributed by atoms with Crippen molar-refractivity contribution in [1.29, 1.82) is 0 Å². The molecule has 0 spiro atoms. The molecule has 1 aliphatic heterocycles. The van der Waals surface area contributed by atoms with E-state index in [0.717, 1.165) is 0 Å². The summed E-state index contributed by atoms with van der Waals surface area (Å²) in [6.45, 7) is 6.74. The molecule has 1 fully saturated rings. The van der Waals surface area contributed by atoms with Gasteiger partial charge < -0.3 is 14.2 Å². The molecule has 9 nitrogen and oxygen atoms in total. The standard InChI is InChI=1S/C20H23N5O4S/c1-14-20(15(2)29-23-14)30(26,27)25-11-9-24(10-12-25)18-13-19(22-16(3)21-18)28-17-7-5-4-6-8-17/h4-8,13H,9-12H2,1-3H3. The first-order valence-corrected chi connectivity index (χ1v) is 11.0. The monoisotopic (exact) mass is 429 g/mol. The molecule has 0 unspecified atom stereocenters. The smallest absolute Gasteiger partial charge is 0.248 e. The Kier molecular flexibility index (Phi) is 5.44. The highest BCUT2D eigenvalue weighted by Gasteiger charge is 2.33. The maximum atomic E-state index is 13.0. The zero-order valence-electron chi connectivity index (χ0n) is 17.1. The molecule has 1 aliphatic rings. The first-order valence-electron chi connectivity index (χ1n) is 9.61. The van der Waals surface area contributed by atoms with E-state index in [1.165, 1.54) is 4.31 Å². The van der Waals surface area contributed by atoms with Gasteiger partial charge in [-0.25, -0.2) is 13.4 Å². The molecular weight excluding hydrogens is 406 g/mol. The van der Waals surface area contributed by atoms with Gasteiger partial charge in [-0.15, -0.1) is 0 Å². The van der Waals surface area contributed by atoms with Gasteiger partial charge in [0.05, 0.1) is 0 Å². The number of anilines is 1. The third-order valence-electron chi connectivity index (χ3n) is 4.89. The summed E-state index contributed by atoms with van der Waals surface area (Å²) in [5.74, 6) is 2.75. The number of benzene rings is 1. The second kappa shape index (κ2) is 8.04. The van der Waals surface area contributed by atoms with Crippen LogP contribution in [0.2, 0.25) is 0 Å². The molecule has 158 valence electrons. The van der Waals surface area contributed by atoms with Gasteiger partial charge >= 0.3 is 0 Å². The number of aromatic nitrogens is 3. The largest absolute Gasteiger partial charge is 0.439 e. The van der Waals surface area contributed by atoms with Crippen molar-refractivity contribution in [3.63, 3.8) is 0 Å². The topological polar surface area (TPSA) is 102 Å². The van der Waals surface area contributed by atoms with Crippen molar-refractivity contribution in [2.45, 2.75) is 25.7 Å². The quantitative estimate of drug-likeness (QED) is 0.610. The maximum Gasteiger partial charge on any atom is 0.248 e. The predicted octanol–water partition coefficient (Wildman–Crippen LogP) is 2.69. The van der Waals surface area contributed by atoms with Crippen molar-refractivity contribution < 1.29 is 17.7 Å². The van der Waals surface area contributed by atoms with E-state index in [1.807, 2.05) is 35.2 Å². The number of para-hydroxylation sites is 1. The van der Waals surface area contributed by atoms with Gasteiger partial charge in [0.2, 0.25) is 15.9 Å². The number of hydrogen-bond acceptors (Lipinski definition) is 8. The molecule has 1 aromatic carbocycles. The van der Waals surface area contributed by atoms with Crippen LogP contribution >= 0.6 is 0 Å². The van der Waals surface area contributed by atoms with Crippen LogP contribution in [-0.4, -0.2) is 54.0 Å². The molecule has 0 atom stereocenters. The van der Waals surface area contributed by atoms with Crippen LogP contribution in [0.3, 0.4) is 0 Å². The van der Waals surface area contributed by atoms with Crippen LogP contribution in [0.25, 0.3) is 0 Å². The van der Waals surface area contributed by atoms with Gasteiger partial charge in [0.15, 0.2) is 5.76 Å². The lowest BCUT2D eigenvalue weighted by Gasteiger charge is -2.34. The summed E-state index contributed by atoms with van der Waals surface area (Å²) >= 11 is 0. The number of piperazine rings is 1. The van der Waals surface area contributed by atoms with Crippen LogP contribution in [0.5, 0.6) is 11.6 Å². The molecular formula is C20H23N5O4S. The van der Waals surface area contributed by atoms with Crippen LogP contribution in [-0.2, 0) is 10.0 Å². The minimum absolute atomic E-state index is 0.160. The molecule has 2 aromatic heterocycles. The summed E-state index contributed by atoms with van der Waals surface area (Å²) < 4.78 is 38.4. The van der Waals surface area contributed by atoms with Gasteiger partial charge in [-0.05, 0) is 32.9 Å². The molecule has 30 heavy (non-hydrogen) atoms. The maximum absolute atomic E-state index is 13.0. The molecule has 0 aliphatic carbocycles. The van der Waals surface area contributed by atoms with Gasteiger partial charge in [0, 0.05) is 32.2 Å². The van der Waals surface area contributed by atoms with Gasteiger partial charge in [-0.3, -0.25) is 0 Å². The number of nitrogens with zero attached hydrogens (tertiary/aromatic N) is 5. The van der Waals surface area contributed by atoms with E-state index in [4.69, 9.17) is 9.26 Å². The van der Waals surface area contributed by atoms with Crippen molar-refractivity contribution in [1.82, 2.24) is 19.4 Å². The lowest BCUT2D eigenvalue weighted by Crippen LogP contribution is -2.49. The van der Waals surface area contributed by atoms with Crippen LogP contribution in [0.1, 0.15) is 17.3 Å². The van der Waals surface area contributed by atoms with Crippen molar-refractivity contribution in [2.75, 3.05) is 31.1 Å². The Morgan fingerprint density at radius 2 is 1.70 bits per heavy atom. The van der Waals surface area contributed by atoms with E-state index < -0.39 is 10.0 Å². The van der Waals surface area contributed by atoms with E-state index in [1.54, 1.807) is 26.8 Å². The zero-order valence-corrected chi connectivity index (χ0v) is 17.9. The van der Waals surface area contributed by atoms with Crippen molar-refractivity contribution in [2.24, 2.45) is 0 Å². The summed E-state index contributed by atoms with van der Waals surface area (Å²) in [6.07, 6.45) is 0. The van der Waals surface area contributed by atoms with Crippen LogP contribution in [0, 0.1) is 20.8 Å². The van der Waals surface area contributed by atoms with Gasteiger partial charge in [0.25, 0.3) is 0 Å². The number of rotatable bonds is 5. The fraction of sp³-hybridized carbons (Fsp3) is 0.350. The van der Waals surface area contributed by atoms with Crippen LogP contribution in [0.4, 0.5) is 5.82 Å². The molecule has 10 heteroatoms. The SMILES string of the molecule is Cc1nc(Oc2ccccc2)cc(N2CCN(S(=O)(=O)c3c(C)noc3C)CC2)n1. The highest BCUT2D eigenvalue weighted by atomic mass is 32.2. The minimum atomic E-state index is -3.65. The second-order valence-corrected chi connectivity index (χ2v) is 8.95. The zero-order chi connectivity index (χ0) is 21.3. The van der Waals surface area contributed by atoms with Crippen molar-refractivity contribution in [3.05, 3.63) is 53.7 Å². The number of ether oxygens (including phenoxy) is 1. The molecule has 1 saturated heterocycles. The van der Waals surface area contributed by atoms with E-state index in [0.29, 0.717) is 60.9 Å². The summed E-state index contributed by atoms with van der Waals surface area (Å²) in [5, 5.41) is 3.77. The van der Waals surface area contributed by atoms with Gasteiger partial charge in [-0.1, -0.05) is 23.4 Å². The first-order chi connectivity index (χ1) is 14.3. The second-order valence-electron chi connectivity index (χ2n) is 7.07. The van der Waals surface area contributed by atoms with E-state index in [9.17, 15) is 8.42 Å². The Morgan fingerprint density at radius 1 is 1.00 bits per heavy atom. The summed E-state index contributed by atoms with van der Waals surface area (Å²) in [4.78, 5) is 11.0. The molecule has 0 bridgehead atoms. The normalized spacial score (nSPS) is 15.4. The predicted molar refractivity (Wildman–Crippen MR) is 110 cm³/mol. The fourth-order valence-corrected chi connectivity index (χ4v) is 5.19. The van der Waals surface area contributed by atoms with E-state index >= 15 is 0 Å². The van der Waals surface area contributed by atoms with Crippen molar-refractivity contribution >= 4 is 15.8 Å². The molecule has 3 aromatic rings. The molecule has 0 radical (unpaired) electrons. The fourth-order valence-electron chi connectivity index (χ4n) is 3.48. The molecule has 0 saturated carbocycles. The van der Waals surface area contributed by atoms with Gasteiger partial charge in [-0.2, -0.15) is 9.29 Å². The first kappa shape index (κ1) is 20.3. The lowest BCUT2D eigenvalue weighted by molar-refractivity contribution is 0.377. The number of hydrogen-bond donors (Lipinski definition) is 0. The number of aryl methyl sites for hydroxylation is 3. The average molecular weight is 430 g/mol. The third-order valence-corrected chi connectivity index (χ3v) is 7.04. The lowest BCUT2D eigenvalue weighted by atomic mass is 10.3. The summed E-state index contributed by atoms with van der Waals surface area (Å²) in [7, 11) is -3.65.